The number of ether oxygens (including phenoxy) is 1. The van der Waals surface area contributed by atoms with Gasteiger partial charge in [-0.1, -0.05) is 60.7 Å². The molecule has 2 heterocycles. The van der Waals surface area contributed by atoms with Gasteiger partial charge >= 0.3 is 5.69 Å². The molecule has 0 saturated carbocycles. The maximum Gasteiger partial charge on any atom is 0.328 e. The van der Waals surface area contributed by atoms with Crippen LogP contribution in [-0.4, -0.2) is 97.0 Å². The van der Waals surface area contributed by atoms with Crippen LogP contribution in [-0.2, 0) is 38.5 Å². The van der Waals surface area contributed by atoms with Crippen molar-refractivity contribution >= 4 is 17.7 Å². The highest BCUT2D eigenvalue weighted by atomic mass is 16.6. The molecule has 3 aromatic rings. The van der Waals surface area contributed by atoms with Crippen molar-refractivity contribution in [3.05, 3.63) is 104 Å². The van der Waals surface area contributed by atoms with Gasteiger partial charge in [0.15, 0.2) is 6.29 Å². The number of aryl methyl sites for hydroxylation is 1. The Labute approximate surface area is 262 Å². The van der Waals surface area contributed by atoms with Crippen LogP contribution in [0.15, 0.2) is 76.4 Å². The van der Waals surface area contributed by atoms with Crippen molar-refractivity contribution in [3.8, 4) is 0 Å². The van der Waals surface area contributed by atoms with Crippen molar-refractivity contribution in [2.24, 2.45) is 0 Å². The van der Waals surface area contributed by atoms with E-state index in [-0.39, 0.29) is 18.4 Å². The van der Waals surface area contributed by atoms with Crippen LogP contribution in [0.3, 0.4) is 0 Å². The molecule has 8 N–H and O–H groups in total. The Morgan fingerprint density at radius 2 is 1.43 bits per heavy atom. The minimum Gasteiger partial charge on any atom is -0.394 e. The number of H-pyrrole nitrogens is 1. The Morgan fingerprint density at radius 3 is 2.00 bits per heavy atom. The van der Waals surface area contributed by atoms with Gasteiger partial charge in [-0.3, -0.25) is 28.7 Å². The number of benzene rings is 2. The summed E-state index contributed by atoms with van der Waals surface area (Å²) >= 11 is 0. The Kier molecular flexibility index (Phi) is 11.6. The van der Waals surface area contributed by atoms with Crippen molar-refractivity contribution in [2.45, 2.75) is 69.0 Å². The lowest BCUT2D eigenvalue weighted by Gasteiger charge is -2.40. The summed E-state index contributed by atoms with van der Waals surface area (Å²) < 4.78 is 6.13. The fourth-order valence-corrected chi connectivity index (χ4v) is 5.04. The van der Waals surface area contributed by atoms with Crippen molar-refractivity contribution in [3.63, 3.8) is 0 Å². The third kappa shape index (κ3) is 8.74. The number of aliphatic hydroxyl groups is 4. The molecule has 0 radical (unpaired) electrons. The van der Waals surface area contributed by atoms with Gasteiger partial charge in [-0.15, -0.1) is 0 Å². The lowest BCUT2D eigenvalue weighted by atomic mass is 9.96. The minimum absolute atomic E-state index is 0.0142. The monoisotopic (exact) mass is 639 g/mol. The third-order valence-corrected chi connectivity index (χ3v) is 7.56. The van der Waals surface area contributed by atoms with E-state index in [4.69, 9.17) is 4.74 Å². The molecular formula is C31H37N5O10. The number of aromatic amines is 1. The molecule has 1 fully saturated rings. The molecule has 0 bridgehead atoms. The smallest absolute Gasteiger partial charge is 0.328 e. The first-order chi connectivity index (χ1) is 22.0. The van der Waals surface area contributed by atoms with Crippen LogP contribution in [0.5, 0.6) is 0 Å². The Morgan fingerprint density at radius 1 is 0.870 bits per heavy atom. The van der Waals surface area contributed by atoms with Gasteiger partial charge in [0.05, 0.1) is 6.61 Å². The Balaban J connectivity index is 1.56. The first kappa shape index (κ1) is 34.2. The number of hydrogen-bond acceptors (Lipinski definition) is 10. The van der Waals surface area contributed by atoms with E-state index in [1.165, 1.54) is 13.1 Å². The highest BCUT2D eigenvalue weighted by molar-refractivity contribution is 5.92. The van der Waals surface area contributed by atoms with Gasteiger partial charge in [0.2, 0.25) is 17.7 Å². The maximum absolute atomic E-state index is 13.7. The molecule has 7 atom stereocenters. The van der Waals surface area contributed by atoms with Gasteiger partial charge < -0.3 is 41.1 Å². The molecule has 246 valence electrons. The third-order valence-electron chi connectivity index (χ3n) is 7.56. The summed E-state index contributed by atoms with van der Waals surface area (Å²) in [6, 6.07) is 13.4. The van der Waals surface area contributed by atoms with E-state index in [1.54, 1.807) is 60.7 Å². The fraction of sp³-hybridized carbons (Fsp3) is 0.387. The molecule has 0 spiro atoms. The first-order valence-electron chi connectivity index (χ1n) is 14.6. The maximum atomic E-state index is 13.7. The van der Waals surface area contributed by atoms with Gasteiger partial charge in [-0.05, 0) is 18.1 Å². The summed E-state index contributed by atoms with van der Waals surface area (Å²) in [5.74, 6) is -2.30. The molecule has 3 amide bonds. The van der Waals surface area contributed by atoms with E-state index in [0.29, 0.717) is 11.1 Å². The van der Waals surface area contributed by atoms with Gasteiger partial charge in [0.1, 0.15) is 43.0 Å². The number of hydrogen-bond donors (Lipinski definition) is 8. The van der Waals surface area contributed by atoms with Crippen LogP contribution < -0.4 is 27.2 Å². The van der Waals surface area contributed by atoms with Gasteiger partial charge in [-0.25, -0.2) is 4.79 Å². The number of rotatable bonds is 12. The zero-order valence-electron chi connectivity index (χ0n) is 24.9. The van der Waals surface area contributed by atoms with Crippen LogP contribution >= 0.6 is 0 Å². The zero-order valence-corrected chi connectivity index (χ0v) is 24.9. The average Bonchev–Trinajstić information content (AvgIpc) is 3.03. The molecule has 1 aliphatic heterocycles. The topological polar surface area (TPSA) is 232 Å². The minimum atomic E-state index is -1.78. The molecule has 1 saturated heterocycles. The predicted molar refractivity (Wildman–Crippen MR) is 162 cm³/mol. The number of aromatic nitrogens is 2. The molecule has 15 heteroatoms. The largest absolute Gasteiger partial charge is 0.394 e. The highest BCUT2D eigenvalue weighted by Crippen LogP contribution is 2.20. The van der Waals surface area contributed by atoms with Crippen molar-refractivity contribution < 1.29 is 39.5 Å². The Bertz CT molecular complexity index is 1610. The molecule has 15 nitrogen and oxygen atoms in total. The first-order valence-corrected chi connectivity index (χ1v) is 14.6. The number of carbonyl (C=O) groups is 3. The highest BCUT2D eigenvalue weighted by Gasteiger charge is 2.45. The van der Waals surface area contributed by atoms with Gasteiger partial charge in [0.25, 0.3) is 5.56 Å². The lowest BCUT2D eigenvalue weighted by Crippen LogP contribution is -2.66. The van der Waals surface area contributed by atoms with Crippen LogP contribution in [0.1, 0.15) is 16.7 Å². The molecule has 0 unspecified atom stereocenters. The average molecular weight is 640 g/mol. The standard InChI is InChI=1S/C31H37N5O10/c1-17-14-36(31(45)35-27(17)41)15-23(38)32-20(12-18-8-4-2-5-9-18)28(42)33-21(13-19-10-6-3-7-11-19)29(43)34-24-26(40)25(39)22(16-37)46-30(24)44/h2-11,14,20-22,24-26,30,37,39-40,44H,12-13,15-16H2,1H3,(H,32,38)(H,33,42)(H,34,43)(H,35,41,45)/t20-,21-,22+,24+,25+,26+,30+/m0/s1. The quantitative estimate of drug-likeness (QED) is 0.102. The Hall–Kier alpha value is -4.67. The van der Waals surface area contributed by atoms with E-state index in [9.17, 15) is 44.4 Å². The van der Waals surface area contributed by atoms with E-state index in [2.05, 4.69) is 20.9 Å². The van der Waals surface area contributed by atoms with E-state index in [0.717, 1.165) is 4.57 Å². The second-order valence-electron chi connectivity index (χ2n) is 11.0. The molecule has 2 aromatic carbocycles. The predicted octanol–water partition coefficient (Wildman–Crippen LogP) is -2.78. The summed E-state index contributed by atoms with van der Waals surface area (Å²) in [7, 11) is 0. The lowest BCUT2D eigenvalue weighted by molar-refractivity contribution is -0.254. The van der Waals surface area contributed by atoms with Gasteiger partial charge in [0, 0.05) is 24.6 Å². The summed E-state index contributed by atoms with van der Waals surface area (Å²) in [5.41, 5.74) is 0.149. The SMILES string of the molecule is Cc1cn(CC(=O)N[C@@H](Cc2ccccc2)C(=O)N[C@@H](Cc2ccccc2)C(=O)N[C@@H]2[C@@H](O)[C@H](O)[C@@H](CO)O[C@H]2O)c(=O)[nH]c1=O. The molecule has 4 rings (SSSR count). The van der Waals surface area contributed by atoms with E-state index >= 15 is 0 Å². The molecule has 0 aliphatic carbocycles. The molecule has 1 aromatic heterocycles. The molecular weight excluding hydrogens is 602 g/mol. The fourth-order valence-electron chi connectivity index (χ4n) is 5.04. The number of aliphatic hydroxyl groups excluding tert-OH is 4. The summed E-state index contributed by atoms with van der Waals surface area (Å²) in [6.07, 6.45) is -5.18. The van der Waals surface area contributed by atoms with E-state index in [1.807, 2.05) is 0 Å². The number of amides is 3. The summed E-state index contributed by atoms with van der Waals surface area (Å²) in [5, 5.41) is 48.2. The second kappa shape index (κ2) is 15.6. The van der Waals surface area contributed by atoms with Crippen LogP contribution in [0.4, 0.5) is 0 Å². The number of nitrogens with one attached hydrogen (secondary N) is 4. The van der Waals surface area contributed by atoms with Crippen molar-refractivity contribution in [2.75, 3.05) is 6.61 Å². The van der Waals surface area contributed by atoms with Crippen LogP contribution in [0.2, 0.25) is 0 Å². The number of carbonyl (C=O) groups excluding carboxylic acids is 3. The number of nitrogens with zero attached hydrogens (tertiary/aromatic N) is 1. The van der Waals surface area contributed by atoms with Gasteiger partial charge in [-0.2, -0.15) is 0 Å². The van der Waals surface area contributed by atoms with Crippen molar-refractivity contribution in [1.82, 2.24) is 25.5 Å². The summed E-state index contributed by atoms with van der Waals surface area (Å²) in [4.78, 5) is 66.4. The van der Waals surface area contributed by atoms with E-state index < -0.39 is 84.8 Å². The van der Waals surface area contributed by atoms with Crippen LogP contribution in [0.25, 0.3) is 0 Å². The molecule has 1 aliphatic rings. The second-order valence-corrected chi connectivity index (χ2v) is 11.0. The zero-order chi connectivity index (χ0) is 33.4. The van der Waals surface area contributed by atoms with Crippen LogP contribution in [0, 0.1) is 6.92 Å². The summed E-state index contributed by atoms with van der Waals surface area (Å²) in [6.45, 7) is 0.282. The molecule has 46 heavy (non-hydrogen) atoms. The van der Waals surface area contributed by atoms with Crippen molar-refractivity contribution in [1.29, 1.82) is 0 Å². The normalized spacial score (nSPS) is 22.3.